The van der Waals surface area contributed by atoms with Gasteiger partial charge in [-0.1, -0.05) is 0 Å². The van der Waals surface area contributed by atoms with Crippen molar-refractivity contribution in [2.75, 3.05) is 60.2 Å². The number of carbonyl (C=O) groups is 1. The Morgan fingerprint density at radius 1 is 1.07 bits per heavy atom. The molecule has 5 fully saturated rings. The highest BCUT2D eigenvalue weighted by atomic mass is 35.5. The number of carbonyl (C=O) groups excluding carboxylic acids is 1. The zero-order valence-corrected chi connectivity index (χ0v) is 27.6. The van der Waals surface area contributed by atoms with Gasteiger partial charge in [0.15, 0.2) is 0 Å². The zero-order valence-electron chi connectivity index (χ0n) is 26.8. The number of amides is 1. The van der Waals surface area contributed by atoms with Gasteiger partial charge in [-0.2, -0.15) is 5.26 Å². The molecule has 0 aromatic carbocycles. The lowest BCUT2D eigenvalue weighted by Crippen LogP contribution is -2.66. The number of piperidine rings is 2. The van der Waals surface area contributed by atoms with Crippen molar-refractivity contribution in [1.82, 2.24) is 26.2 Å². The fraction of sp³-hybridized carbons (Fsp3) is 0.938. The van der Waals surface area contributed by atoms with Crippen LogP contribution in [-0.4, -0.2) is 125 Å². The first-order valence-corrected chi connectivity index (χ1v) is 17.4. The van der Waals surface area contributed by atoms with E-state index in [1.807, 2.05) is 21.0 Å². The van der Waals surface area contributed by atoms with Crippen LogP contribution in [0.25, 0.3) is 0 Å². The molecule has 1 amide bonds. The highest BCUT2D eigenvalue weighted by Gasteiger charge is 2.47. The number of ether oxygens (including phenoxy) is 4. The summed E-state index contributed by atoms with van der Waals surface area (Å²) in [5.74, 6) is 0.534. The van der Waals surface area contributed by atoms with Gasteiger partial charge in [0, 0.05) is 44.2 Å². The van der Waals surface area contributed by atoms with Crippen LogP contribution in [0.5, 0.6) is 0 Å². The van der Waals surface area contributed by atoms with E-state index in [4.69, 9.17) is 30.5 Å². The Bertz CT molecular complexity index is 957. The highest BCUT2D eigenvalue weighted by Crippen LogP contribution is 2.37. The van der Waals surface area contributed by atoms with Crippen LogP contribution in [0.1, 0.15) is 58.3 Å². The van der Waals surface area contributed by atoms with Gasteiger partial charge < -0.3 is 39.8 Å². The first-order valence-electron chi connectivity index (χ1n) is 17.0. The third-order valence-electron chi connectivity index (χ3n) is 10.3. The summed E-state index contributed by atoms with van der Waals surface area (Å²) in [6.45, 7) is 7.00. The number of nitriles is 1. The van der Waals surface area contributed by atoms with Gasteiger partial charge in [0.1, 0.15) is 6.23 Å². The molecular weight excluding hydrogens is 584 g/mol. The van der Waals surface area contributed by atoms with E-state index in [1.54, 1.807) is 0 Å². The Morgan fingerprint density at radius 2 is 1.91 bits per heavy atom. The molecule has 3 saturated heterocycles. The molecule has 3 heterocycles. The summed E-state index contributed by atoms with van der Waals surface area (Å²) in [6, 6.07) is 3.01. The lowest BCUT2D eigenvalue weighted by Gasteiger charge is -2.50. The van der Waals surface area contributed by atoms with Crippen molar-refractivity contribution in [3.63, 3.8) is 0 Å². The van der Waals surface area contributed by atoms with Crippen molar-refractivity contribution >= 4 is 17.5 Å². The van der Waals surface area contributed by atoms with Gasteiger partial charge in [-0.05, 0) is 84.3 Å². The van der Waals surface area contributed by atoms with E-state index in [9.17, 15) is 10.1 Å². The van der Waals surface area contributed by atoms with Gasteiger partial charge in [-0.15, -0.1) is 11.6 Å². The van der Waals surface area contributed by atoms with Gasteiger partial charge in [-0.25, -0.2) is 0 Å². The highest BCUT2D eigenvalue weighted by molar-refractivity contribution is 6.21. The van der Waals surface area contributed by atoms with Crippen molar-refractivity contribution in [1.29, 1.82) is 5.26 Å². The molecule has 2 aliphatic carbocycles. The molecule has 3 aliphatic heterocycles. The molecule has 44 heavy (non-hydrogen) atoms. The summed E-state index contributed by atoms with van der Waals surface area (Å²) < 4.78 is 24.2. The molecule has 5 aliphatic rings. The Balaban J connectivity index is 1.14. The predicted molar refractivity (Wildman–Crippen MR) is 168 cm³/mol. The smallest absolute Gasteiger partial charge is 0.220 e. The van der Waals surface area contributed by atoms with E-state index < -0.39 is 0 Å². The summed E-state index contributed by atoms with van der Waals surface area (Å²) in [7, 11) is 4.05. The summed E-state index contributed by atoms with van der Waals surface area (Å²) in [4.78, 5) is 15.0. The summed E-state index contributed by atoms with van der Waals surface area (Å²) in [6.07, 6.45) is 6.64. The van der Waals surface area contributed by atoms with Crippen molar-refractivity contribution in [2.45, 2.75) is 112 Å². The van der Waals surface area contributed by atoms with Gasteiger partial charge >= 0.3 is 0 Å². The number of fused-ring (bicyclic) bond motifs is 2. The second-order valence-corrected chi connectivity index (χ2v) is 14.3. The number of nitrogens with one attached hydrogen (secondary N) is 4. The van der Waals surface area contributed by atoms with Crippen LogP contribution in [0, 0.1) is 29.1 Å². The minimum atomic E-state index is -0.146. The molecule has 5 rings (SSSR count). The molecule has 12 atom stereocenters. The van der Waals surface area contributed by atoms with E-state index in [0.29, 0.717) is 45.3 Å². The Labute approximate surface area is 268 Å². The summed E-state index contributed by atoms with van der Waals surface area (Å²) in [5.41, 5.74) is 0. The molecule has 0 aromatic heterocycles. The topological polar surface area (TPSA) is 129 Å². The monoisotopic (exact) mass is 638 g/mol. The lowest BCUT2D eigenvalue weighted by atomic mass is 9.69. The van der Waals surface area contributed by atoms with E-state index in [0.717, 1.165) is 58.0 Å². The Kier molecular flexibility index (Phi) is 13.0. The number of alkyl halides is 1. The van der Waals surface area contributed by atoms with Gasteiger partial charge in [0.2, 0.25) is 5.91 Å². The average Bonchev–Trinajstić information content (AvgIpc) is 3.01. The normalized spacial score (nSPS) is 40.9. The minimum absolute atomic E-state index is 0.00274. The van der Waals surface area contributed by atoms with Crippen LogP contribution in [0.15, 0.2) is 0 Å². The zero-order chi connectivity index (χ0) is 31.1. The standard InChI is InChI=1S/C32H55ClN6O5/c1-4-41-28-15-25-23(14-26(28)38-30(40)6-5-9-39(2)3)31(21(16-34)18-35-25)37-22-7-8-27(24(33)13-22)44-19-20-12-29-32(36-17-20)43-11-10-42-29/h20-29,31-32,35-37H,4-15,17-19H2,1-3H3,(H,38,40). The Hall–Kier alpha value is -1.07. The lowest BCUT2D eigenvalue weighted by molar-refractivity contribution is -0.174. The molecule has 250 valence electrons. The van der Waals surface area contributed by atoms with Crippen LogP contribution in [0.4, 0.5) is 0 Å². The Morgan fingerprint density at radius 3 is 2.68 bits per heavy atom. The fourth-order valence-electron chi connectivity index (χ4n) is 8.02. The van der Waals surface area contributed by atoms with Crippen LogP contribution >= 0.6 is 11.6 Å². The maximum Gasteiger partial charge on any atom is 0.220 e. The number of hydrogen-bond acceptors (Lipinski definition) is 10. The summed E-state index contributed by atoms with van der Waals surface area (Å²) in [5, 5.41) is 24.4. The minimum Gasteiger partial charge on any atom is -0.376 e. The molecule has 4 N–H and O–H groups in total. The molecule has 0 bridgehead atoms. The maximum atomic E-state index is 12.9. The largest absolute Gasteiger partial charge is 0.376 e. The first kappa shape index (κ1) is 34.3. The second kappa shape index (κ2) is 16.7. The molecule has 2 saturated carbocycles. The molecule has 12 unspecified atom stereocenters. The summed E-state index contributed by atoms with van der Waals surface area (Å²) >= 11 is 6.96. The van der Waals surface area contributed by atoms with Gasteiger partial charge in [-0.3, -0.25) is 10.1 Å². The maximum absolute atomic E-state index is 12.9. The van der Waals surface area contributed by atoms with E-state index >= 15 is 0 Å². The van der Waals surface area contributed by atoms with Crippen LogP contribution in [-0.2, 0) is 23.7 Å². The van der Waals surface area contributed by atoms with Gasteiger partial charge in [0.25, 0.3) is 0 Å². The van der Waals surface area contributed by atoms with Gasteiger partial charge in [0.05, 0.1) is 61.5 Å². The van der Waals surface area contributed by atoms with E-state index in [2.05, 4.69) is 32.2 Å². The third kappa shape index (κ3) is 9.05. The van der Waals surface area contributed by atoms with Crippen LogP contribution < -0.4 is 21.3 Å². The average molecular weight is 639 g/mol. The SMILES string of the molecule is CCOC1CC2NCC(C#N)C(NC3CCC(OCC4CNC5OCCOC5C4)C(Cl)C3)C2CC1NC(=O)CCCN(C)C. The molecule has 0 aromatic rings. The molecule has 0 radical (unpaired) electrons. The van der Waals surface area contributed by atoms with Crippen LogP contribution in [0.2, 0.25) is 0 Å². The number of halogens is 1. The second-order valence-electron chi connectivity index (χ2n) is 13.8. The molecular formula is C32H55ClN6O5. The molecule has 11 nitrogen and oxygen atoms in total. The van der Waals surface area contributed by atoms with Crippen molar-refractivity contribution in [3.05, 3.63) is 0 Å². The first-order chi connectivity index (χ1) is 21.3. The van der Waals surface area contributed by atoms with Crippen molar-refractivity contribution in [2.24, 2.45) is 17.8 Å². The molecule has 0 spiro atoms. The predicted octanol–water partition coefficient (Wildman–Crippen LogP) is 1.59. The number of hydrogen-bond donors (Lipinski definition) is 4. The fourth-order valence-corrected chi connectivity index (χ4v) is 8.43. The van der Waals surface area contributed by atoms with E-state index in [-0.39, 0.29) is 71.8 Å². The number of nitrogens with zero attached hydrogens (tertiary/aromatic N) is 2. The van der Waals surface area contributed by atoms with Crippen molar-refractivity contribution < 1.29 is 23.7 Å². The van der Waals surface area contributed by atoms with Crippen LogP contribution in [0.3, 0.4) is 0 Å². The molecule has 12 heteroatoms. The third-order valence-corrected chi connectivity index (χ3v) is 10.7. The van der Waals surface area contributed by atoms with E-state index in [1.165, 1.54) is 0 Å². The van der Waals surface area contributed by atoms with Crippen molar-refractivity contribution in [3.8, 4) is 6.07 Å². The quantitative estimate of drug-likeness (QED) is 0.234. The number of rotatable bonds is 12.